The first-order valence-electron chi connectivity index (χ1n) is 5.81. The van der Waals surface area contributed by atoms with Crippen LogP contribution in [0.4, 0.5) is 0 Å². The summed E-state index contributed by atoms with van der Waals surface area (Å²) >= 11 is 0. The lowest BCUT2D eigenvalue weighted by Crippen LogP contribution is -2.42. The Balaban J connectivity index is 1.60. The van der Waals surface area contributed by atoms with E-state index >= 15 is 0 Å². The van der Waals surface area contributed by atoms with Crippen LogP contribution in [0.1, 0.15) is 18.7 Å². The maximum Gasteiger partial charge on any atom is 0.122 e. The van der Waals surface area contributed by atoms with Gasteiger partial charge in [0.05, 0.1) is 6.54 Å². The summed E-state index contributed by atoms with van der Waals surface area (Å²) in [5.41, 5.74) is 6.14. The number of fused-ring (bicyclic) bond motifs is 1. The zero-order chi connectivity index (χ0) is 10.3. The van der Waals surface area contributed by atoms with Crippen molar-refractivity contribution in [3.63, 3.8) is 0 Å². The van der Waals surface area contributed by atoms with E-state index in [4.69, 9.17) is 5.73 Å². The van der Waals surface area contributed by atoms with Gasteiger partial charge in [0, 0.05) is 38.1 Å². The van der Waals surface area contributed by atoms with Crippen LogP contribution in [0.3, 0.4) is 0 Å². The van der Waals surface area contributed by atoms with E-state index in [1.807, 2.05) is 6.20 Å². The molecule has 1 aromatic heterocycles. The topological polar surface area (TPSA) is 47.1 Å². The summed E-state index contributed by atoms with van der Waals surface area (Å²) in [5, 5.41) is 0. The van der Waals surface area contributed by atoms with Crippen LogP contribution in [-0.2, 0) is 13.1 Å². The van der Waals surface area contributed by atoms with E-state index in [9.17, 15) is 0 Å². The summed E-state index contributed by atoms with van der Waals surface area (Å²) in [6.45, 7) is 4.18. The lowest BCUT2D eigenvalue weighted by atomic mass is 10.2. The van der Waals surface area contributed by atoms with Crippen molar-refractivity contribution in [2.24, 2.45) is 11.7 Å². The maximum atomic E-state index is 6.14. The van der Waals surface area contributed by atoms with Gasteiger partial charge >= 0.3 is 0 Å². The molecule has 1 aliphatic heterocycles. The molecule has 0 amide bonds. The van der Waals surface area contributed by atoms with Crippen LogP contribution in [0, 0.1) is 5.92 Å². The molecule has 0 bridgehead atoms. The first kappa shape index (κ1) is 9.36. The van der Waals surface area contributed by atoms with Gasteiger partial charge in [0.1, 0.15) is 5.82 Å². The molecule has 2 N–H and O–H groups in total. The van der Waals surface area contributed by atoms with Gasteiger partial charge in [-0.2, -0.15) is 0 Å². The van der Waals surface area contributed by atoms with Gasteiger partial charge in [0.15, 0.2) is 0 Å². The third-order valence-corrected chi connectivity index (χ3v) is 3.52. The third-order valence-electron chi connectivity index (χ3n) is 3.52. The molecule has 1 unspecified atom stereocenters. The van der Waals surface area contributed by atoms with Crippen molar-refractivity contribution in [3.8, 4) is 0 Å². The molecule has 2 aliphatic rings. The molecule has 0 saturated heterocycles. The van der Waals surface area contributed by atoms with E-state index in [0.29, 0.717) is 6.04 Å². The predicted molar refractivity (Wildman–Crippen MR) is 58.2 cm³/mol. The highest BCUT2D eigenvalue weighted by atomic mass is 15.2. The van der Waals surface area contributed by atoms with Gasteiger partial charge < -0.3 is 10.3 Å². The smallest absolute Gasteiger partial charge is 0.122 e. The number of nitrogens with two attached hydrogens (primary N) is 1. The molecule has 82 valence electrons. The quantitative estimate of drug-likeness (QED) is 0.780. The monoisotopic (exact) mass is 206 g/mol. The summed E-state index contributed by atoms with van der Waals surface area (Å²) in [5.74, 6) is 1.98. The van der Waals surface area contributed by atoms with Crippen molar-refractivity contribution in [2.75, 3.05) is 13.1 Å². The Bertz CT molecular complexity index is 342. The molecule has 1 saturated carbocycles. The minimum absolute atomic E-state index is 0.381. The number of hydrogen-bond acceptors (Lipinski definition) is 3. The molecule has 1 fully saturated rings. The molecule has 4 heteroatoms. The van der Waals surface area contributed by atoms with Crippen LogP contribution >= 0.6 is 0 Å². The Hall–Kier alpha value is -0.870. The molecule has 3 rings (SSSR count). The average Bonchev–Trinajstić information content (AvgIpc) is 2.98. The lowest BCUT2D eigenvalue weighted by molar-refractivity contribution is 0.199. The summed E-state index contributed by atoms with van der Waals surface area (Å²) in [6.07, 6.45) is 6.63. The largest absolute Gasteiger partial charge is 0.333 e. The van der Waals surface area contributed by atoms with Crippen LogP contribution in [0.15, 0.2) is 12.4 Å². The highest BCUT2D eigenvalue weighted by Crippen LogP contribution is 2.32. The van der Waals surface area contributed by atoms with Crippen molar-refractivity contribution in [2.45, 2.75) is 32.0 Å². The van der Waals surface area contributed by atoms with Crippen molar-refractivity contribution in [3.05, 3.63) is 18.2 Å². The standard InChI is InChI=1S/C11H18N4/c12-10(9-1-2-9)7-14-5-6-15-4-3-13-11(15)8-14/h3-4,9-10H,1-2,5-8,12H2. The van der Waals surface area contributed by atoms with Crippen molar-refractivity contribution < 1.29 is 0 Å². The van der Waals surface area contributed by atoms with Crippen molar-refractivity contribution in [1.82, 2.24) is 14.5 Å². The summed E-state index contributed by atoms with van der Waals surface area (Å²) < 4.78 is 2.24. The predicted octanol–water partition coefficient (Wildman–Crippen LogP) is 0.436. The van der Waals surface area contributed by atoms with Gasteiger partial charge in [-0.3, -0.25) is 4.90 Å². The van der Waals surface area contributed by atoms with E-state index in [-0.39, 0.29) is 0 Å². The fourth-order valence-electron chi connectivity index (χ4n) is 2.35. The number of hydrogen-bond donors (Lipinski definition) is 1. The summed E-state index contributed by atoms with van der Waals surface area (Å²) in [6, 6.07) is 0.381. The molecule has 0 spiro atoms. The molecule has 15 heavy (non-hydrogen) atoms. The van der Waals surface area contributed by atoms with Crippen LogP contribution in [0.25, 0.3) is 0 Å². The molecule has 2 heterocycles. The highest BCUT2D eigenvalue weighted by Gasteiger charge is 2.30. The first-order chi connectivity index (χ1) is 7.33. The SMILES string of the molecule is NC(CN1CCn2ccnc2C1)C1CC1. The molecule has 4 nitrogen and oxygen atoms in total. The second kappa shape index (κ2) is 3.61. The van der Waals surface area contributed by atoms with E-state index in [1.165, 1.54) is 18.7 Å². The number of aromatic nitrogens is 2. The Labute approximate surface area is 90.1 Å². The Kier molecular flexibility index (Phi) is 2.25. The molecule has 0 radical (unpaired) electrons. The fraction of sp³-hybridized carbons (Fsp3) is 0.727. The third kappa shape index (κ3) is 1.92. The van der Waals surface area contributed by atoms with E-state index < -0.39 is 0 Å². The van der Waals surface area contributed by atoms with Crippen LogP contribution < -0.4 is 5.73 Å². The molecular formula is C11H18N4. The van der Waals surface area contributed by atoms with Crippen LogP contribution in [0.2, 0.25) is 0 Å². The van der Waals surface area contributed by atoms with Crippen molar-refractivity contribution in [1.29, 1.82) is 0 Å². The first-order valence-corrected chi connectivity index (χ1v) is 5.81. The maximum absolute atomic E-state index is 6.14. The second-order valence-electron chi connectivity index (χ2n) is 4.77. The summed E-state index contributed by atoms with van der Waals surface area (Å²) in [7, 11) is 0. The number of imidazole rings is 1. The molecule has 1 atom stereocenters. The zero-order valence-corrected chi connectivity index (χ0v) is 8.97. The number of rotatable bonds is 3. The summed E-state index contributed by atoms with van der Waals surface area (Å²) in [4.78, 5) is 6.79. The molecule has 1 aromatic rings. The second-order valence-corrected chi connectivity index (χ2v) is 4.77. The normalized spacial score (nSPS) is 23.8. The average molecular weight is 206 g/mol. The Morgan fingerprint density at radius 1 is 1.47 bits per heavy atom. The molecule has 0 aromatic carbocycles. The van der Waals surface area contributed by atoms with Gasteiger partial charge in [-0.05, 0) is 18.8 Å². The minimum atomic E-state index is 0.381. The van der Waals surface area contributed by atoms with Crippen LogP contribution in [-0.4, -0.2) is 33.6 Å². The Morgan fingerprint density at radius 3 is 3.13 bits per heavy atom. The highest BCUT2D eigenvalue weighted by molar-refractivity contribution is 4.96. The molecular weight excluding hydrogens is 188 g/mol. The lowest BCUT2D eigenvalue weighted by Gasteiger charge is -2.29. The fourth-order valence-corrected chi connectivity index (χ4v) is 2.35. The number of nitrogens with zero attached hydrogens (tertiary/aromatic N) is 3. The van der Waals surface area contributed by atoms with Crippen molar-refractivity contribution >= 4 is 0 Å². The molecule has 1 aliphatic carbocycles. The zero-order valence-electron chi connectivity index (χ0n) is 8.97. The van der Waals surface area contributed by atoms with E-state index in [1.54, 1.807) is 0 Å². The minimum Gasteiger partial charge on any atom is -0.333 e. The van der Waals surface area contributed by atoms with Gasteiger partial charge in [0.2, 0.25) is 0 Å². The van der Waals surface area contributed by atoms with Gasteiger partial charge in [-0.15, -0.1) is 0 Å². The van der Waals surface area contributed by atoms with Gasteiger partial charge in [-0.1, -0.05) is 0 Å². The Morgan fingerprint density at radius 2 is 2.33 bits per heavy atom. The van der Waals surface area contributed by atoms with E-state index in [0.717, 1.165) is 32.1 Å². The van der Waals surface area contributed by atoms with Gasteiger partial charge in [0.25, 0.3) is 0 Å². The van der Waals surface area contributed by atoms with E-state index in [2.05, 4.69) is 20.6 Å². The van der Waals surface area contributed by atoms with Crippen LogP contribution in [0.5, 0.6) is 0 Å². The van der Waals surface area contributed by atoms with Gasteiger partial charge in [-0.25, -0.2) is 4.98 Å².